The topological polar surface area (TPSA) is 66.6 Å². The highest BCUT2D eigenvalue weighted by Gasteiger charge is 2.49. The largest absolute Gasteiger partial charge is 0.389 e. The number of nitrogens with zero attached hydrogens (tertiary/aromatic N) is 2. The fraction of sp³-hybridized carbons (Fsp3) is 0.474. The molecule has 1 heterocycles. The van der Waals surface area contributed by atoms with Crippen LogP contribution in [0.2, 0.25) is 0 Å². The molecule has 0 unspecified atom stereocenters. The summed E-state index contributed by atoms with van der Waals surface area (Å²) in [5.41, 5.74) is 2.62. The number of benzene rings is 1. The van der Waals surface area contributed by atoms with Crippen molar-refractivity contribution in [2.75, 3.05) is 19.0 Å². The van der Waals surface area contributed by atoms with E-state index in [0.29, 0.717) is 12.2 Å². The summed E-state index contributed by atoms with van der Waals surface area (Å²) in [5, 5.41) is 15.0. The van der Waals surface area contributed by atoms with Crippen LogP contribution in [0.15, 0.2) is 28.8 Å². The lowest BCUT2D eigenvalue weighted by molar-refractivity contribution is -0.130. The summed E-state index contributed by atoms with van der Waals surface area (Å²) in [6, 6.07) is 8.10. The number of hydrogen-bond donors (Lipinski definition) is 1. The Labute approximate surface area is 142 Å². The van der Waals surface area contributed by atoms with Gasteiger partial charge in [0.1, 0.15) is 11.5 Å². The molecule has 1 aliphatic carbocycles. The third-order valence-corrected chi connectivity index (χ3v) is 5.03. The van der Waals surface area contributed by atoms with E-state index in [9.17, 15) is 9.90 Å². The number of anilines is 1. The maximum Gasteiger partial charge on any atom is 0.137 e. The Bertz CT molecular complexity index is 759. The summed E-state index contributed by atoms with van der Waals surface area (Å²) in [6.45, 7) is 5.13. The summed E-state index contributed by atoms with van der Waals surface area (Å²) in [7, 11) is 3.97. The van der Waals surface area contributed by atoms with Crippen molar-refractivity contribution in [3.05, 3.63) is 46.8 Å². The van der Waals surface area contributed by atoms with Gasteiger partial charge in [0.05, 0.1) is 17.2 Å². The van der Waals surface area contributed by atoms with Gasteiger partial charge in [-0.25, -0.2) is 0 Å². The van der Waals surface area contributed by atoms with Crippen molar-refractivity contribution in [1.29, 1.82) is 0 Å². The standard InChI is InChI=1S/C19H24N2O3/c1-11(22)18-17(13-6-8-14(9-7-13)21(4)5)16-12(2)24-20-15(16)10-19(18,3)23/h6-9,17-18,23H,10H2,1-5H3/t17-,18+,19-/m1/s1. The number of aliphatic hydroxyl groups is 1. The van der Waals surface area contributed by atoms with Crippen molar-refractivity contribution in [2.45, 2.75) is 38.7 Å². The molecule has 3 atom stereocenters. The Morgan fingerprint density at radius 1 is 1.33 bits per heavy atom. The molecule has 2 aromatic rings. The van der Waals surface area contributed by atoms with E-state index in [1.165, 1.54) is 0 Å². The summed E-state index contributed by atoms with van der Waals surface area (Å²) in [5.74, 6) is -0.0709. The molecule has 0 fully saturated rings. The van der Waals surface area contributed by atoms with Gasteiger partial charge >= 0.3 is 0 Å². The summed E-state index contributed by atoms with van der Waals surface area (Å²) < 4.78 is 5.37. The van der Waals surface area contributed by atoms with E-state index >= 15 is 0 Å². The lowest BCUT2D eigenvalue weighted by Crippen LogP contribution is -2.48. The molecule has 5 heteroatoms. The third kappa shape index (κ3) is 2.63. The number of fused-ring (bicyclic) bond motifs is 1. The number of hydrogen-bond acceptors (Lipinski definition) is 5. The first-order chi connectivity index (χ1) is 11.2. The Morgan fingerprint density at radius 3 is 2.50 bits per heavy atom. The number of Topliss-reactive ketones (excluding diaryl/α,β-unsaturated/α-hetero) is 1. The molecule has 3 rings (SSSR count). The average Bonchev–Trinajstić information content (AvgIpc) is 2.85. The fourth-order valence-electron chi connectivity index (χ4n) is 3.94. The normalized spacial score (nSPS) is 26.1. The molecule has 0 radical (unpaired) electrons. The molecule has 1 aliphatic rings. The van der Waals surface area contributed by atoms with Crippen LogP contribution in [0.3, 0.4) is 0 Å². The fourth-order valence-corrected chi connectivity index (χ4v) is 3.94. The summed E-state index contributed by atoms with van der Waals surface area (Å²) in [6.07, 6.45) is 0.330. The number of carbonyl (C=O) groups excluding carboxylic acids is 1. The Balaban J connectivity index is 2.17. The second-order valence-corrected chi connectivity index (χ2v) is 7.19. The second kappa shape index (κ2) is 5.74. The Hall–Kier alpha value is -2.14. The van der Waals surface area contributed by atoms with E-state index in [0.717, 1.165) is 22.5 Å². The van der Waals surface area contributed by atoms with Crippen molar-refractivity contribution in [3.63, 3.8) is 0 Å². The maximum atomic E-state index is 12.4. The minimum atomic E-state index is -1.15. The zero-order chi connectivity index (χ0) is 17.6. The van der Waals surface area contributed by atoms with Gasteiger partial charge < -0.3 is 14.5 Å². The van der Waals surface area contributed by atoms with Gasteiger partial charge in [-0.2, -0.15) is 0 Å². The minimum absolute atomic E-state index is 0.0204. The van der Waals surface area contributed by atoms with Gasteiger partial charge in [0.15, 0.2) is 0 Å². The molecule has 0 spiro atoms. The first-order valence-corrected chi connectivity index (χ1v) is 8.17. The van der Waals surface area contributed by atoms with Crippen LogP contribution in [-0.4, -0.2) is 35.7 Å². The number of ketones is 1. The first-order valence-electron chi connectivity index (χ1n) is 8.17. The van der Waals surface area contributed by atoms with Crippen molar-refractivity contribution < 1.29 is 14.4 Å². The second-order valence-electron chi connectivity index (χ2n) is 7.19. The molecule has 24 heavy (non-hydrogen) atoms. The van der Waals surface area contributed by atoms with E-state index in [1.807, 2.05) is 50.2 Å². The van der Waals surface area contributed by atoms with E-state index in [1.54, 1.807) is 13.8 Å². The highest BCUT2D eigenvalue weighted by atomic mass is 16.5. The predicted octanol–water partition coefficient (Wildman–Crippen LogP) is 2.69. The molecule has 0 amide bonds. The van der Waals surface area contributed by atoms with Gasteiger partial charge in [0.2, 0.25) is 0 Å². The van der Waals surface area contributed by atoms with Crippen LogP contribution in [0.25, 0.3) is 0 Å². The first kappa shape index (κ1) is 16.7. The van der Waals surface area contributed by atoms with Gasteiger partial charge in [0.25, 0.3) is 0 Å². The zero-order valence-corrected chi connectivity index (χ0v) is 14.8. The summed E-state index contributed by atoms with van der Waals surface area (Å²) >= 11 is 0. The summed E-state index contributed by atoms with van der Waals surface area (Å²) in [4.78, 5) is 14.4. The van der Waals surface area contributed by atoms with Crippen molar-refractivity contribution in [2.24, 2.45) is 5.92 Å². The molecule has 128 valence electrons. The Kier molecular flexibility index (Phi) is 4.00. The Morgan fingerprint density at radius 2 is 1.96 bits per heavy atom. The monoisotopic (exact) mass is 328 g/mol. The van der Waals surface area contributed by atoms with E-state index in [-0.39, 0.29) is 11.7 Å². The molecule has 0 bridgehead atoms. The van der Waals surface area contributed by atoms with Gasteiger partial charge in [0, 0.05) is 37.7 Å². The SMILES string of the molecule is CC(=O)[C@H]1[C@H](c2ccc(N(C)C)cc2)c2c(noc2C)C[C@@]1(C)O. The molecule has 1 aromatic carbocycles. The van der Waals surface area contributed by atoms with Crippen LogP contribution in [-0.2, 0) is 11.2 Å². The van der Waals surface area contributed by atoms with Crippen molar-refractivity contribution in [3.8, 4) is 0 Å². The quantitative estimate of drug-likeness (QED) is 0.938. The minimum Gasteiger partial charge on any atom is -0.389 e. The van der Waals surface area contributed by atoms with Crippen LogP contribution >= 0.6 is 0 Å². The van der Waals surface area contributed by atoms with E-state index < -0.39 is 11.5 Å². The third-order valence-electron chi connectivity index (χ3n) is 5.03. The number of aryl methyl sites for hydroxylation is 1. The van der Waals surface area contributed by atoms with Gasteiger partial charge in [-0.3, -0.25) is 4.79 Å². The lowest BCUT2D eigenvalue weighted by Gasteiger charge is -2.40. The molecule has 0 aliphatic heterocycles. The predicted molar refractivity (Wildman–Crippen MR) is 92.4 cm³/mol. The van der Waals surface area contributed by atoms with Gasteiger partial charge in [-0.05, 0) is 38.5 Å². The van der Waals surface area contributed by atoms with Gasteiger partial charge in [-0.15, -0.1) is 0 Å². The zero-order valence-electron chi connectivity index (χ0n) is 14.8. The van der Waals surface area contributed by atoms with Crippen LogP contribution in [0.5, 0.6) is 0 Å². The highest BCUT2D eigenvalue weighted by Crippen LogP contribution is 2.47. The molecule has 1 aromatic heterocycles. The lowest BCUT2D eigenvalue weighted by atomic mass is 9.64. The number of rotatable bonds is 3. The smallest absolute Gasteiger partial charge is 0.137 e. The number of carbonyl (C=O) groups is 1. The molecular weight excluding hydrogens is 304 g/mol. The highest BCUT2D eigenvalue weighted by molar-refractivity contribution is 5.82. The maximum absolute atomic E-state index is 12.4. The average molecular weight is 328 g/mol. The van der Waals surface area contributed by atoms with Crippen molar-refractivity contribution in [1.82, 2.24) is 5.16 Å². The molecule has 5 nitrogen and oxygen atoms in total. The van der Waals surface area contributed by atoms with E-state index in [4.69, 9.17) is 4.52 Å². The van der Waals surface area contributed by atoms with Crippen molar-refractivity contribution >= 4 is 11.5 Å². The molecule has 0 saturated heterocycles. The van der Waals surface area contributed by atoms with Crippen LogP contribution in [0.1, 0.15) is 42.3 Å². The molecule has 0 saturated carbocycles. The van der Waals surface area contributed by atoms with Gasteiger partial charge in [-0.1, -0.05) is 17.3 Å². The molecule has 1 N–H and O–H groups in total. The molecular formula is C19H24N2O3. The number of aromatic nitrogens is 1. The van der Waals surface area contributed by atoms with Crippen LogP contribution < -0.4 is 4.90 Å². The van der Waals surface area contributed by atoms with Crippen LogP contribution in [0.4, 0.5) is 5.69 Å². The van der Waals surface area contributed by atoms with Crippen LogP contribution in [0, 0.1) is 12.8 Å². The van der Waals surface area contributed by atoms with E-state index in [2.05, 4.69) is 5.16 Å².